The summed E-state index contributed by atoms with van der Waals surface area (Å²) in [5.41, 5.74) is 0.977. The van der Waals surface area contributed by atoms with Crippen molar-refractivity contribution in [3.63, 3.8) is 0 Å². The van der Waals surface area contributed by atoms with E-state index in [0.717, 1.165) is 18.7 Å². The molecule has 0 bridgehead atoms. The van der Waals surface area contributed by atoms with Gasteiger partial charge in [0.2, 0.25) is 10.0 Å². The Morgan fingerprint density at radius 2 is 2.05 bits per heavy atom. The standard InChI is InChI=1S/C14H27N3O3S/c1-5-6-15-10-13-9-14(11-17(13)12(2)3)21(18,19)16-7-8-20-4/h9,11-12,15-16H,5-8,10H2,1-4H3. The van der Waals surface area contributed by atoms with Gasteiger partial charge in [-0.15, -0.1) is 0 Å². The first-order chi connectivity index (χ1) is 9.92. The number of hydrogen-bond donors (Lipinski definition) is 2. The Kier molecular flexibility index (Phi) is 7.37. The van der Waals surface area contributed by atoms with Gasteiger partial charge in [0.25, 0.3) is 0 Å². The van der Waals surface area contributed by atoms with Crippen LogP contribution in [0.15, 0.2) is 17.2 Å². The minimum atomic E-state index is -3.48. The van der Waals surface area contributed by atoms with E-state index in [-0.39, 0.29) is 12.6 Å². The van der Waals surface area contributed by atoms with E-state index < -0.39 is 10.0 Å². The van der Waals surface area contributed by atoms with E-state index in [4.69, 9.17) is 4.74 Å². The topological polar surface area (TPSA) is 72.4 Å². The number of nitrogens with one attached hydrogen (secondary N) is 2. The van der Waals surface area contributed by atoms with Gasteiger partial charge >= 0.3 is 0 Å². The third-order valence-electron chi connectivity index (χ3n) is 3.10. The second-order valence-corrected chi connectivity index (χ2v) is 7.00. The van der Waals surface area contributed by atoms with Gasteiger partial charge in [0.1, 0.15) is 0 Å². The Balaban J connectivity index is 2.90. The lowest BCUT2D eigenvalue weighted by Crippen LogP contribution is -2.26. The summed E-state index contributed by atoms with van der Waals surface area (Å²) in [6.45, 7) is 8.39. The van der Waals surface area contributed by atoms with Crippen molar-refractivity contribution in [3.05, 3.63) is 18.0 Å². The maximum Gasteiger partial charge on any atom is 0.242 e. The van der Waals surface area contributed by atoms with Gasteiger partial charge in [-0.05, 0) is 32.9 Å². The molecule has 7 heteroatoms. The third-order valence-corrected chi connectivity index (χ3v) is 4.53. The molecule has 6 nitrogen and oxygen atoms in total. The average molecular weight is 317 g/mol. The molecule has 2 N–H and O–H groups in total. The van der Waals surface area contributed by atoms with Crippen molar-refractivity contribution in [3.8, 4) is 0 Å². The molecule has 0 spiro atoms. The molecule has 122 valence electrons. The molecule has 0 aliphatic rings. The lowest BCUT2D eigenvalue weighted by Gasteiger charge is -2.13. The van der Waals surface area contributed by atoms with E-state index in [2.05, 4.69) is 17.0 Å². The molecule has 0 amide bonds. The molecule has 0 saturated heterocycles. The lowest BCUT2D eigenvalue weighted by atomic mass is 10.3. The zero-order valence-electron chi connectivity index (χ0n) is 13.3. The summed E-state index contributed by atoms with van der Waals surface area (Å²) in [5.74, 6) is 0. The molecule has 1 aromatic rings. The van der Waals surface area contributed by atoms with Crippen LogP contribution in [0.4, 0.5) is 0 Å². The van der Waals surface area contributed by atoms with Gasteiger partial charge in [-0.1, -0.05) is 6.92 Å². The molecule has 1 aromatic heterocycles. The highest BCUT2D eigenvalue weighted by atomic mass is 32.2. The molecule has 0 saturated carbocycles. The van der Waals surface area contributed by atoms with Crippen molar-refractivity contribution < 1.29 is 13.2 Å². The lowest BCUT2D eigenvalue weighted by molar-refractivity contribution is 0.204. The molecule has 0 aliphatic carbocycles. The van der Waals surface area contributed by atoms with Gasteiger partial charge in [-0.3, -0.25) is 0 Å². The van der Waals surface area contributed by atoms with Crippen LogP contribution in [0.5, 0.6) is 0 Å². The molecule has 0 unspecified atom stereocenters. The fourth-order valence-electron chi connectivity index (χ4n) is 2.02. The largest absolute Gasteiger partial charge is 0.383 e. The average Bonchev–Trinajstić information content (AvgIpc) is 2.84. The smallest absolute Gasteiger partial charge is 0.242 e. The highest BCUT2D eigenvalue weighted by molar-refractivity contribution is 7.89. The van der Waals surface area contributed by atoms with Crippen LogP contribution < -0.4 is 10.0 Å². The van der Waals surface area contributed by atoms with E-state index in [1.165, 1.54) is 0 Å². The maximum atomic E-state index is 12.2. The van der Waals surface area contributed by atoms with E-state index in [9.17, 15) is 8.42 Å². The van der Waals surface area contributed by atoms with Crippen LogP contribution in [0.2, 0.25) is 0 Å². The van der Waals surface area contributed by atoms with Crippen molar-refractivity contribution in [1.82, 2.24) is 14.6 Å². The van der Waals surface area contributed by atoms with Crippen LogP contribution in [0.1, 0.15) is 38.9 Å². The summed E-state index contributed by atoms with van der Waals surface area (Å²) in [6.07, 6.45) is 2.74. The number of hydrogen-bond acceptors (Lipinski definition) is 4. The minimum Gasteiger partial charge on any atom is -0.383 e. The summed E-state index contributed by atoms with van der Waals surface area (Å²) >= 11 is 0. The van der Waals surface area contributed by atoms with Crippen LogP contribution in [-0.2, 0) is 21.3 Å². The van der Waals surface area contributed by atoms with E-state index in [0.29, 0.717) is 18.0 Å². The summed E-state index contributed by atoms with van der Waals surface area (Å²) in [6, 6.07) is 1.95. The van der Waals surface area contributed by atoms with Crippen molar-refractivity contribution >= 4 is 10.0 Å². The maximum absolute atomic E-state index is 12.2. The van der Waals surface area contributed by atoms with Crippen molar-refractivity contribution in [2.24, 2.45) is 0 Å². The van der Waals surface area contributed by atoms with Gasteiger partial charge in [0, 0.05) is 38.1 Å². The number of methoxy groups -OCH3 is 1. The normalized spacial score (nSPS) is 12.2. The Hall–Kier alpha value is -0.890. The predicted molar refractivity (Wildman–Crippen MR) is 83.9 cm³/mol. The number of rotatable bonds is 10. The van der Waals surface area contributed by atoms with Crippen LogP contribution in [0, 0.1) is 0 Å². The van der Waals surface area contributed by atoms with E-state index >= 15 is 0 Å². The quantitative estimate of drug-likeness (QED) is 0.641. The van der Waals surface area contributed by atoms with Crippen LogP contribution in [0.25, 0.3) is 0 Å². The SMILES string of the molecule is CCCNCc1cc(S(=O)(=O)NCCOC)cn1C(C)C. The summed E-state index contributed by atoms with van der Waals surface area (Å²) < 4.78 is 33.8. The molecule has 0 atom stereocenters. The van der Waals surface area contributed by atoms with Crippen molar-refractivity contribution in [2.75, 3.05) is 26.8 Å². The van der Waals surface area contributed by atoms with Crippen molar-refractivity contribution in [2.45, 2.75) is 44.7 Å². The summed E-state index contributed by atoms with van der Waals surface area (Å²) in [5, 5.41) is 3.31. The molecule has 0 fully saturated rings. The van der Waals surface area contributed by atoms with Crippen LogP contribution in [-0.4, -0.2) is 39.8 Å². The van der Waals surface area contributed by atoms with Gasteiger partial charge in [-0.2, -0.15) is 0 Å². The monoisotopic (exact) mass is 317 g/mol. The molecule has 1 rings (SSSR count). The van der Waals surface area contributed by atoms with Gasteiger partial charge in [0.15, 0.2) is 0 Å². The fraction of sp³-hybridized carbons (Fsp3) is 0.714. The zero-order valence-corrected chi connectivity index (χ0v) is 14.2. The van der Waals surface area contributed by atoms with Gasteiger partial charge < -0.3 is 14.6 Å². The Bertz CT molecular complexity index is 524. The van der Waals surface area contributed by atoms with Crippen LogP contribution in [0.3, 0.4) is 0 Å². The second-order valence-electron chi connectivity index (χ2n) is 5.24. The number of sulfonamides is 1. The molecule has 0 aliphatic heterocycles. The Morgan fingerprint density at radius 3 is 2.62 bits per heavy atom. The highest BCUT2D eigenvalue weighted by Gasteiger charge is 2.18. The first kappa shape index (κ1) is 18.2. The second kappa shape index (κ2) is 8.53. The first-order valence-electron chi connectivity index (χ1n) is 7.32. The zero-order chi connectivity index (χ0) is 15.9. The Morgan fingerprint density at radius 1 is 1.33 bits per heavy atom. The van der Waals surface area contributed by atoms with E-state index in [1.54, 1.807) is 19.4 Å². The first-order valence-corrected chi connectivity index (χ1v) is 8.80. The van der Waals surface area contributed by atoms with Crippen LogP contribution >= 0.6 is 0 Å². The van der Waals surface area contributed by atoms with Gasteiger partial charge in [0.05, 0.1) is 11.5 Å². The predicted octanol–water partition coefficient (Wildman–Crippen LogP) is 1.49. The van der Waals surface area contributed by atoms with Gasteiger partial charge in [-0.25, -0.2) is 13.1 Å². The Labute approximate surface area is 127 Å². The fourth-order valence-corrected chi connectivity index (χ4v) is 3.08. The third kappa shape index (κ3) is 5.43. The molecule has 0 radical (unpaired) electrons. The van der Waals surface area contributed by atoms with E-state index in [1.807, 2.05) is 18.4 Å². The molecular weight excluding hydrogens is 290 g/mol. The number of aromatic nitrogens is 1. The molecule has 21 heavy (non-hydrogen) atoms. The molecule has 1 heterocycles. The number of nitrogens with zero attached hydrogens (tertiary/aromatic N) is 1. The highest BCUT2D eigenvalue weighted by Crippen LogP contribution is 2.18. The number of ether oxygens (including phenoxy) is 1. The molecular formula is C14H27N3O3S. The summed E-state index contributed by atoms with van der Waals surface area (Å²) in [7, 11) is -1.93. The molecule has 0 aromatic carbocycles. The summed E-state index contributed by atoms with van der Waals surface area (Å²) in [4.78, 5) is 0.306. The minimum absolute atomic E-state index is 0.214. The van der Waals surface area contributed by atoms with Crippen molar-refractivity contribution in [1.29, 1.82) is 0 Å².